The number of rotatable bonds is 4. The van der Waals surface area contributed by atoms with Crippen molar-refractivity contribution in [3.8, 4) is 0 Å². The fraction of sp³-hybridized carbons (Fsp3) is 0.545. The van der Waals surface area contributed by atoms with Crippen LogP contribution in [0.25, 0.3) is 0 Å². The number of halogens is 3. The minimum Gasteiger partial charge on any atom is -0.456 e. The van der Waals surface area contributed by atoms with Gasteiger partial charge in [-0.25, -0.2) is 4.79 Å². The molecule has 3 nitrogen and oxygen atoms in total. The molecule has 2 rings (SSSR count). The number of esters is 1. The molecule has 2 atom stereocenters. The van der Waals surface area contributed by atoms with Gasteiger partial charge in [0, 0.05) is 17.5 Å². The summed E-state index contributed by atoms with van der Waals surface area (Å²) in [6, 6.07) is 3.64. The maximum atomic E-state index is 12.9. The predicted octanol–water partition coefficient (Wildman–Crippen LogP) is 3.00. The summed E-state index contributed by atoms with van der Waals surface area (Å²) in [5.41, 5.74) is 0. The van der Waals surface area contributed by atoms with E-state index in [2.05, 4.69) is 10.1 Å². The van der Waals surface area contributed by atoms with Gasteiger partial charge in [0.25, 0.3) is 0 Å². The van der Waals surface area contributed by atoms with Crippen LogP contribution < -0.4 is 5.32 Å². The topological polar surface area (TPSA) is 38.3 Å². The Morgan fingerprint density at radius 1 is 1.67 bits per heavy atom. The Morgan fingerprint density at radius 2 is 2.39 bits per heavy atom. The molecule has 1 aromatic heterocycles. The normalized spacial score (nSPS) is 24.0. The van der Waals surface area contributed by atoms with Gasteiger partial charge in [-0.15, -0.1) is 11.3 Å². The van der Waals surface area contributed by atoms with E-state index in [1.54, 1.807) is 6.07 Å². The summed E-state index contributed by atoms with van der Waals surface area (Å²) < 4.78 is 31.1. The van der Waals surface area contributed by atoms with E-state index in [0.717, 1.165) is 4.88 Å². The largest absolute Gasteiger partial charge is 0.456 e. The highest BCUT2D eigenvalue weighted by molar-refractivity contribution is 7.16. The first-order valence-corrected chi connectivity index (χ1v) is 6.65. The van der Waals surface area contributed by atoms with Crippen molar-refractivity contribution in [2.75, 3.05) is 6.54 Å². The minimum absolute atomic E-state index is 0.0181. The SMILES string of the molecule is CC(NCC1CC(F)(F)C(=O)O1)c1ccc(Cl)s1. The van der Waals surface area contributed by atoms with Gasteiger partial charge in [-0.1, -0.05) is 11.6 Å². The first-order chi connectivity index (χ1) is 8.38. The fourth-order valence-electron chi connectivity index (χ4n) is 1.73. The molecule has 100 valence electrons. The Labute approximate surface area is 112 Å². The number of ether oxygens (including phenoxy) is 1. The number of carbonyl (C=O) groups is 1. The molecule has 1 aliphatic heterocycles. The molecule has 2 heterocycles. The molecule has 0 bridgehead atoms. The second kappa shape index (κ2) is 5.11. The molecule has 18 heavy (non-hydrogen) atoms. The molecule has 1 fully saturated rings. The monoisotopic (exact) mass is 295 g/mol. The molecular formula is C11H12ClF2NO2S. The Balaban J connectivity index is 1.84. The molecule has 1 aliphatic rings. The summed E-state index contributed by atoms with van der Waals surface area (Å²) in [5, 5.41) is 3.05. The molecule has 1 N–H and O–H groups in total. The van der Waals surface area contributed by atoms with Crippen LogP contribution in [0.3, 0.4) is 0 Å². The number of nitrogens with one attached hydrogen (secondary N) is 1. The zero-order valence-electron chi connectivity index (χ0n) is 9.58. The van der Waals surface area contributed by atoms with Crippen LogP contribution in [0.15, 0.2) is 12.1 Å². The van der Waals surface area contributed by atoms with Gasteiger partial charge in [-0.05, 0) is 19.1 Å². The van der Waals surface area contributed by atoms with Crippen molar-refractivity contribution >= 4 is 28.9 Å². The van der Waals surface area contributed by atoms with Crippen LogP contribution in [-0.4, -0.2) is 24.5 Å². The lowest BCUT2D eigenvalue weighted by atomic mass is 10.2. The first kappa shape index (κ1) is 13.7. The highest BCUT2D eigenvalue weighted by atomic mass is 35.5. The van der Waals surface area contributed by atoms with Gasteiger partial charge in [0.05, 0.1) is 10.8 Å². The highest BCUT2D eigenvalue weighted by Gasteiger charge is 2.50. The van der Waals surface area contributed by atoms with E-state index < -0.39 is 24.4 Å². The number of cyclic esters (lactones) is 1. The lowest BCUT2D eigenvalue weighted by Crippen LogP contribution is -2.29. The third-order valence-corrected chi connectivity index (χ3v) is 4.14. The summed E-state index contributed by atoms with van der Waals surface area (Å²) in [4.78, 5) is 11.8. The lowest BCUT2D eigenvalue weighted by molar-refractivity contribution is -0.159. The van der Waals surface area contributed by atoms with Crippen LogP contribution in [0.5, 0.6) is 0 Å². The maximum Gasteiger partial charge on any atom is 0.377 e. The summed E-state index contributed by atoms with van der Waals surface area (Å²) in [7, 11) is 0. The molecular weight excluding hydrogens is 284 g/mol. The Morgan fingerprint density at radius 3 is 2.89 bits per heavy atom. The van der Waals surface area contributed by atoms with Gasteiger partial charge in [-0.3, -0.25) is 0 Å². The van der Waals surface area contributed by atoms with Crippen molar-refractivity contribution < 1.29 is 18.3 Å². The van der Waals surface area contributed by atoms with Crippen LogP contribution in [0.1, 0.15) is 24.3 Å². The van der Waals surface area contributed by atoms with Gasteiger partial charge < -0.3 is 10.1 Å². The van der Waals surface area contributed by atoms with Gasteiger partial charge in [0.2, 0.25) is 0 Å². The van der Waals surface area contributed by atoms with Crippen molar-refractivity contribution in [3.63, 3.8) is 0 Å². The summed E-state index contributed by atoms with van der Waals surface area (Å²) in [6.07, 6.45) is -1.33. The van der Waals surface area contributed by atoms with Crippen molar-refractivity contribution in [2.24, 2.45) is 0 Å². The Hall–Kier alpha value is -0.720. The zero-order chi connectivity index (χ0) is 13.3. The molecule has 1 saturated heterocycles. The number of hydrogen-bond donors (Lipinski definition) is 1. The number of alkyl halides is 2. The quantitative estimate of drug-likeness (QED) is 0.868. The number of thiophene rings is 1. The van der Waals surface area contributed by atoms with Crippen molar-refractivity contribution in [3.05, 3.63) is 21.3 Å². The Kier molecular flexibility index (Phi) is 3.89. The summed E-state index contributed by atoms with van der Waals surface area (Å²) in [6.45, 7) is 2.11. The third kappa shape index (κ3) is 2.99. The number of hydrogen-bond acceptors (Lipinski definition) is 4. The van der Waals surface area contributed by atoms with Crippen LogP contribution >= 0.6 is 22.9 Å². The molecule has 0 aliphatic carbocycles. The van der Waals surface area contributed by atoms with E-state index in [4.69, 9.17) is 11.6 Å². The second-order valence-corrected chi connectivity index (χ2v) is 5.95. The van der Waals surface area contributed by atoms with Gasteiger partial charge >= 0.3 is 11.9 Å². The van der Waals surface area contributed by atoms with Crippen LogP contribution in [0.2, 0.25) is 4.34 Å². The zero-order valence-corrected chi connectivity index (χ0v) is 11.2. The smallest absolute Gasteiger partial charge is 0.377 e. The first-order valence-electron chi connectivity index (χ1n) is 5.46. The molecule has 2 unspecified atom stereocenters. The van der Waals surface area contributed by atoms with Crippen molar-refractivity contribution in [1.29, 1.82) is 0 Å². The molecule has 7 heteroatoms. The fourth-order valence-corrected chi connectivity index (χ4v) is 2.82. The lowest BCUT2D eigenvalue weighted by Gasteiger charge is -2.15. The predicted molar refractivity (Wildman–Crippen MR) is 65.2 cm³/mol. The van der Waals surface area contributed by atoms with E-state index in [9.17, 15) is 13.6 Å². The summed E-state index contributed by atoms with van der Waals surface area (Å²) >= 11 is 7.24. The van der Waals surface area contributed by atoms with Crippen LogP contribution in [-0.2, 0) is 9.53 Å². The average molecular weight is 296 g/mol. The molecule has 0 aromatic carbocycles. The minimum atomic E-state index is -3.35. The highest BCUT2D eigenvalue weighted by Crippen LogP contribution is 2.31. The second-order valence-electron chi connectivity index (χ2n) is 4.21. The van der Waals surface area contributed by atoms with Crippen molar-refractivity contribution in [2.45, 2.75) is 31.4 Å². The van der Waals surface area contributed by atoms with E-state index >= 15 is 0 Å². The van der Waals surface area contributed by atoms with E-state index in [1.807, 2.05) is 13.0 Å². The number of carbonyl (C=O) groups excluding carboxylic acids is 1. The van der Waals surface area contributed by atoms with Gasteiger partial charge in [0.15, 0.2) is 0 Å². The third-order valence-electron chi connectivity index (χ3n) is 2.73. The molecule has 0 spiro atoms. The summed E-state index contributed by atoms with van der Waals surface area (Å²) in [5.74, 6) is -4.77. The average Bonchev–Trinajstić information content (AvgIpc) is 2.81. The van der Waals surface area contributed by atoms with Crippen LogP contribution in [0.4, 0.5) is 8.78 Å². The van der Waals surface area contributed by atoms with Crippen molar-refractivity contribution in [1.82, 2.24) is 5.32 Å². The molecule has 0 radical (unpaired) electrons. The van der Waals surface area contributed by atoms with E-state index in [1.165, 1.54) is 11.3 Å². The molecule has 0 saturated carbocycles. The van der Waals surface area contributed by atoms with E-state index in [-0.39, 0.29) is 12.6 Å². The maximum absolute atomic E-state index is 12.9. The van der Waals surface area contributed by atoms with E-state index in [0.29, 0.717) is 4.34 Å². The van der Waals surface area contributed by atoms with Crippen LogP contribution in [0, 0.1) is 0 Å². The molecule has 1 aromatic rings. The standard InChI is InChI=1S/C11H12ClF2NO2S/c1-6(8-2-3-9(12)18-8)15-5-7-4-11(13,14)10(16)17-7/h2-3,6-7,15H,4-5H2,1H3. The molecule has 0 amide bonds. The Bertz CT molecular complexity index is 452. The van der Waals surface area contributed by atoms with Gasteiger partial charge in [0.1, 0.15) is 6.10 Å². The van der Waals surface area contributed by atoms with Gasteiger partial charge in [-0.2, -0.15) is 8.78 Å².